The molecule has 4 heterocycles. The van der Waals surface area contributed by atoms with Crippen LogP contribution in [0.2, 0.25) is 0 Å². The summed E-state index contributed by atoms with van der Waals surface area (Å²) in [5.41, 5.74) is 26.4. The van der Waals surface area contributed by atoms with Crippen LogP contribution >= 0.6 is 0 Å². The number of aromatic nitrogens is 4. The van der Waals surface area contributed by atoms with Crippen LogP contribution in [-0.4, -0.2) is 19.1 Å². The summed E-state index contributed by atoms with van der Waals surface area (Å²) in [5, 5.41) is 22.7. The summed E-state index contributed by atoms with van der Waals surface area (Å²) in [6.07, 6.45) is 3.75. The highest BCUT2D eigenvalue weighted by Gasteiger charge is 2.23. The van der Waals surface area contributed by atoms with Gasteiger partial charge in [0.15, 0.2) is 0 Å². The largest absolute Gasteiger partial charge is 0.309 e. The van der Waals surface area contributed by atoms with E-state index in [-0.39, 0.29) is 0 Å². The van der Waals surface area contributed by atoms with Crippen LogP contribution in [0.3, 0.4) is 0 Å². The molecule has 550 valence electrons. The molecule has 0 atom stereocenters. The van der Waals surface area contributed by atoms with Crippen LogP contribution in [0.1, 0.15) is 0 Å². The Kier molecular flexibility index (Phi) is 17.2. The van der Waals surface area contributed by atoms with Crippen LogP contribution < -0.4 is 0 Å². The zero-order chi connectivity index (χ0) is 78.0. The van der Waals surface area contributed by atoms with Gasteiger partial charge in [-0.15, -0.1) is 0 Å². The topological polar surface area (TPSA) is 35.6 Å². The summed E-state index contributed by atoms with van der Waals surface area (Å²) in [6, 6.07) is 158. The Labute approximate surface area is 683 Å². The van der Waals surface area contributed by atoms with Crippen molar-refractivity contribution in [3.8, 4) is 89.3 Å². The van der Waals surface area contributed by atoms with Crippen molar-refractivity contribution in [2.24, 2.45) is 0 Å². The lowest BCUT2D eigenvalue weighted by Crippen LogP contribution is -1.95. The first-order valence-electron chi connectivity index (χ1n) is 40.5. The molecular weight excluding hydrogens is 1430 g/mol. The zero-order valence-corrected chi connectivity index (χ0v) is 64.5. The molecule has 0 amide bonds. The first-order chi connectivity index (χ1) is 58.6. The minimum atomic E-state index is 0.946. The smallest absolute Gasteiger partial charge is 0.0970 e. The number of fused-ring (bicyclic) bond motifs is 17. The highest BCUT2D eigenvalue weighted by Crippen LogP contribution is 2.48. The molecule has 0 spiro atoms. The number of para-hydroxylation sites is 2. The van der Waals surface area contributed by atoms with Gasteiger partial charge in [-0.25, -0.2) is 0 Å². The second-order valence-electron chi connectivity index (χ2n) is 30.5. The second-order valence-corrected chi connectivity index (χ2v) is 30.5. The molecule has 24 rings (SSSR count). The summed E-state index contributed by atoms with van der Waals surface area (Å²) in [4.78, 5) is 9.34. The third kappa shape index (κ3) is 11.8. The standard InChI is InChI=1S/C46H29N.C44H29N.C24H16N2/c1-2-14-32(15-3-1)43-37-18-8-10-20-39(37)44(40-21-11-9-19-38(40)43)33-22-26-34(27-23-33)47-41-28-24-30-12-4-6-16-35(30)45(41)46-36-17-7-5-13-31(36)25-29-42(46)47;1-3-13-31(14-4-1)43-36-18-7-9-20-38(36)44(39-21-10-8-19-37(39)43)32-25-23-30(24-26-32)33-27-28-42-40(29-33)35-17-11-12-22-41(35)45(42)34-15-5-2-6-16-34;1-3-7-17(8-4-1)19-13-15-25-23-21(19)11-12-22-20(14-16-26-24(22)23)18-9-5-2-6-10-18/h1-29H;1-29H;1-16H. The Hall–Kier alpha value is -15.6. The fraction of sp³-hybridized carbons (Fsp3) is 0. The van der Waals surface area contributed by atoms with Crippen molar-refractivity contribution in [1.82, 2.24) is 19.1 Å². The SMILES string of the molecule is c1ccc(-c2c3ccccc3c(-c3ccc(-c4ccc5c(c4)c4ccccc4n5-c4ccccc4)cc3)c3ccccc23)cc1.c1ccc(-c2c3ccccc3c(-c3ccc(-n4c5ccc6ccccc6c5c5c6ccccc6ccc54)cc3)c3ccccc23)cc1.c1ccc(-c2ccnc3c2ccc2c(-c4ccccc4)ccnc23)cc1. The molecule has 0 radical (unpaired) electrons. The number of nitrogens with zero attached hydrogens (tertiary/aromatic N) is 4. The van der Waals surface area contributed by atoms with E-state index in [1.54, 1.807) is 0 Å². The van der Waals surface area contributed by atoms with Crippen LogP contribution in [0.15, 0.2) is 449 Å². The maximum atomic E-state index is 4.67. The van der Waals surface area contributed by atoms with Crippen LogP contribution in [0.5, 0.6) is 0 Å². The minimum absolute atomic E-state index is 0.946. The first kappa shape index (κ1) is 69.1. The first-order valence-corrected chi connectivity index (χ1v) is 40.5. The summed E-state index contributed by atoms with van der Waals surface area (Å²) in [7, 11) is 0. The van der Waals surface area contributed by atoms with Crippen molar-refractivity contribution >= 4 is 130 Å². The maximum absolute atomic E-state index is 4.67. The minimum Gasteiger partial charge on any atom is -0.309 e. The average Bonchev–Trinajstić information content (AvgIpc) is 1.28. The van der Waals surface area contributed by atoms with Crippen LogP contribution in [0.4, 0.5) is 0 Å². The van der Waals surface area contributed by atoms with E-state index in [1.165, 1.54) is 192 Å². The normalized spacial score (nSPS) is 11.6. The average molecular weight is 1500 g/mol. The molecule has 4 nitrogen and oxygen atoms in total. The van der Waals surface area contributed by atoms with Gasteiger partial charge >= 0.3 is 0 Å². The Morgan fingerprint density at radius 3 is 0.864 bits per heavy atom. The molecule has 0 aliphatic heterocycles. The maximum Gasteiger partial charge on any atom is 0.0970 e. The van der Waals surface area contributed by atoms with Crippen molar-refractivity contribution < 1.29 is 0 Å². The molecule has 20 aromatic carbocycles. The summed E-state index contributed by atoms with van der Waals surface area (Å²) < 4.78 is 4.81. The van der Waals surface area contributed by atoms with Gasteiger partial charge in [0.2, 0.25) is 0 Å². The lowest BCUT2D eigenvalue weighted by molar-refractivity contribution is 1.18. The highest BCUT2D eigenvalue weighted by molar-refractivity contribution is 6.29. The predicted molar refractivity (Wildman–Crippen MR) is 502 cm³/mol. The Bertz CT molecular complexity index is 7690. The number of hydrogen-bond donors (Lipinski definition) is 0. The van der Waals surface area contributed by atoms with E-state index in [0.29, 0.717) is 0 Å². The van der Waals surface area contributed by atoms with E-state index < -0.39 is 0 Å². The Balaban J connectivity index is 0.000000111. The van der Waals surface area contributed by atoms with Gasteiger partial charge in [-0.3, -0.25) is 9.97 Å². The molecule has 24 aromatic rings. The van der Waals surface area contributed by atoms with Crippen LogP contribution in [-0.2, 0) is 0 Å². The van der Waals surface area contributed by atoms with Crippen molar-refractivity contribution in [3.05, 3.63) is 449 Å². The Morgan fingerprint density at radius 1 is 0.161 bits per heavy atom. The van der Waals surface area contributed by atoms with E-state index in [1.807, 2.05) is 24.5 Å². The molecule has 0 unspecified atom stereocenters. The highest BCUT2D eigenvalue weighted by atomic mass is 15.0. The molecule has 118 heavy (non-hydrogen) atoms. The van der Waals surface area contributed by atoms with Crippen LogP contribution in [0, 0.1) is 0 Å². The van der Waals surface area contributed by atoms with Gasteiger partial charge in [0.25, 0.3) is 0 Å². The van der Waals surface area contributed by atoms with E-state index >= 15 is 0 Å². The summed E-state index contributed by atoms with van der Waals surface area (Å²) in [6.45, 7) is 0. The number of benzene rings is 20. The van der Waals surface area contributed by atoms with Gasteiger partial charge in [-0.05, 0) is 209 Å². The van der Waals surface area contributed by atoms with Gasteiger partial charge in [0.05, 0.1) is 33.1 Å². The third-order valence-electron chi connectivity index (χ3n) is 23.9. The molecule has 0 saturated carbocycles. The molecule has 0 aliphatic carbocycles. The van der Waals surface area contributed by atoms with Gasteiger partial charge in [-0.1, -0.05) is 370 Å². The van der Waals surface area contributed by atoms with Gasteiger partial charge < -0.3 is 9.13 Å². The van der Waals surface area contributed by atoms with Gasteiger partial charge in [0, 0.05) is 56.1 Å². The fourth-order valence-electron chi connectivity index (χ4n) is 18.7. The van der Waals surface area contributed by atoms with Gasteiger partial charge in [0.1, 0.15) is 0 Å². The number of hydrogen-bond acceptors (Lipinski definition) is 2. The van der Waals surface area contributed by atoms with Crippen molar-refractivity contribution in [2.45, 2.75) is 0 Å². The molecule has 0 aliphatic rings. The number of rotatable bonds is 9. The molecule has 0 bridgehead atoms. The lowest BCUT2D eigenvalue weighted by atomic mass is 9.86. The zero-order valence-electron chi connectivity index (χ0n) is 64.5. The molecule has 4 heteroatoms. The fourth-order valence-corrected chi connectivity index (χ4v) is 18.7. The molecule has 0 N–H and O–H groups in total. The molecule has 0 saturated heterocycles. The monoisotopic (exact) mass is 1500 g/mol. The molecule has 0 fully saturated rings. The van der Waals surface area contributed by atoms with Crippen molar-refractivity contribution in [1.29, 1.82) is 0 Å². The molecule has 4 aromatic heterocycles. The van der Waals surface area contributed by atoms with Crippen molar-refractivity contribution in [2.75, 3.05) is 0 Å². The second kappa shape index (κ2) is 29.4. The third-order valence-corrected chi connectivity index (χ3v) is 23.9. The van der Waals surface area contributed by atoms with E-state index in [0.717, 1.165) is 27.5 Å². The number of pyridine rings is 2. The van der Waals surface area contributed by atoms with E-state index in [4.69, 9.17) is 0 Å². The van der Waals surface area contributed by atoms with Crippen molar-refractivity contribution in [3.63, 3.8) is 0 Å². The van der Waals surface area contributed by atoms with E-state index in [2.05, 4.69) is 444 Å². The molecular formula is C114H74N4. The lowest BCUT2D eigenvalue weighted by Gasteiger charge is -2.18. The summed E-state index contributed by atoms with van der Waals surface area (Å²) in [5.74, 6) is 0. The van der Waals surface area contributed by atoms with E-state index in [9.17, 15) is 0 Å². The van der Waals surface area contributed by atoms with Crippen LogP contribution in [0.25, 0.3) is 219 Å². The summed E-state index contributed by atoms with van der Waals surface area (Å²) >= 11 is 0. The predicted octanol–water partition coefficient (Wildman–Crippen LogP) is 30.9. The van der Waals surface area contributed by atoms with Gasteiger partial charge in [-0.2, -0.15) is 0 Å². The quantitative estimate of drug-likeness (QED) is 0.107. The Morgan fingerprint density at radius 2 is 0.449 bits per heavy atom.